The van der Waals surface area contributed by atoms with Gasteiger partial charge in [-0.25, -0.2) is 18.4 Å². The number of nitrogens with zero attached hydrogens (tertiary/aromatic N) is 3. The van der Waals surface area contributed by atoms with Crippen LogP contribution in [0, 0.1) is 0 Å². The summed E-state index contributed by atoms with van der Waals surface area (Å²) in [5.74, 6) is -0.406. The average molecular weight is 354 g/mol. The lowest BCUT2D eigenvalue weighted by Gasteiger charge is -2.07. The van der Waals surface area contributed by atoms with Gasteiger partial charge in [0, 0.05) is 29.8 Å². The van der Waals surface area contributed by atoms with Gasteiger partial charge in [-0.1, -0.05) is 12.1 Å². The molecule has 2 N–H and O–H groups in total. The van der Waals surface area contributed by atoms with E-state index in [2.05, 4.69) is 15.0 Å². The highest BCUT2D eigenvalue weighted by atomic mass is 32.2. The molecule has 0 bridgehead atoms. The van der Waals surface area contributed by atoms with Crippen molar-refractivity contribution in [2.24, 2.45) is 0 Å². The van der Waals surface area contributed by atoms with E-state index < -0.39 is 15.6 Å². The fourth-order valence-electron chi connectivity index (χ4n) is 2.22. The number of carbonyl (C=O) groups excluding carboxylic acids is 1. The molecule has 0 saturated carbocycles. The Balaban J connectivity index is 2.07. The summed E-state index contributed by atoms with van der Waals surface area (Å²) in [5.41, 5.74) is 7.01. The van der Waals surface area contributed by atoms with Gasteiger partial charge in [-0.2, -0.15) is 0 Å². The fraction of sp³-hybridized carbons (Fsp3) is 0.0588. The standard InChI is InChI=1S/C17H14N4O3S/c1-25(23,24)13-6-2-4-11(8-13)14-10-20-17(18)15(21-14)16(22)12-5-3-7-19-9-12/h2-10H,1H3,(H2,18,20). The first-order valence-corrected chi connectivity index (χ1v) is 9.13. The largest absolute Gasteiger partial charge is 0.382 e. The number of ketones is 1. The first-order chi connectivity index (χ1) is 11.9. The summed E-state index contributed by atoms with van der Waals surface area (Å²) in [6.45, 7) is 0. The number of benzene rings is 1. The number of carbonyl (C=O) groups is 1. The normalized spacial score (nSPS) is 11.2. The quantitative estimate of drug-likeness (QED) is 0.710. The van der Waals surface area contributed by atoms with Gasteiger partial charge in [0.15, 0.2) is 21.3 Å². The third-order valence-electron chi connectivity index (χ3n) is 3.50. The minimum atomic E-state index is -3.36. The van der Waals surface area contributed by atoms with Crippen molar-refractivity contribution in [1.82, 2.24) is 15.0 Å². The molecule has 2 aromatic heterocycles. The third kappa shape index (κ3) is 3.53. The Labute approximate surface area is 144 Å². The van der Waals surface area contributed by atoms with Crippen molar-refractivity contribution in [2.75, 3.05) is 12.0 Å². The molecule has 0 atom stereocenters. The molecule has 25 heavy (non-hydrogen) atoms. The van der Waals surface area contributed by atoms with Crippen LogP contribution in [0.4, 0.5) is 5.82 Å². The smallest absolute Gasteiger partial charge is 0.216 e. The van der Waals surface area contributed by atoms with Gasteiger partial charge in [0.25, 0.3) is 0 Å². The summed E-state index contributed by atoms with van der Waals surface area (Å²) in [6, 6.07) is 9.50. The summed E-state index contributed by atoms with van der Waals surface area (Å²) in [6.07, 6.45) is 5.49. The van der Waals surface area contributed by atoms with Gasteiger partial charge in [0.05, 0.1) is 16.8 Å². The molecule has 8 heteroatoms. The van der Waals surface area contributed by atoms with Gasteiger partial charge < -0.3 is 5.73 Å². The Bertz CT molecular complexity index is 1050. The predicted octanol–water partition coefficient (Wildman–Crippen LogP) is 1.76. The molecule has 0 unspecified atom stereocenters. The minimum absolute atomic E-state index is 0.00290. The summed E-state index contributed by atoms with van der Waals surface area (Å²) >= 11 is 0. The van der Waals surface area contributed by atoms with Crippen LogP contribution in [-0.2, 0) is 9.84 Å². The SMILES string of the molecule is CS(=O)(=O)c1cccc(-c2cnc(N)c(C(=O)c3cccnc3)n2)c1. The molecule has 0 saturated heterocycles. The first-order valence-electron chi connectivity index (χ1n) is 7.24. The van der Waals surface area contributed by atoms with Gasteiger partial charge in [0.1, 0.15) is 0 Å². The first kappa shape index (κ1) is 16.7. The summed E-state index contributed by atoms with van der Waals surface area (Å²) < 4.78 is 23.4. The second-order valence-corrected chi connectivity index (χ2v) is 7.38. The van der Waals surface area contributed by atoms with Crippen LogP contribution in [0.3, 0.4) is 0 Å². The molecule has 0 aliphatic heterocycles. The van der Waals surface area contributed by atoms with Gasteiger partial charge in [-0.3, -0.25) is 9.78 Å². The van der Waals surface area contributed by atoms with Crippen molar-refractivity contribution in [3.8, 4) is 11.3 Å². The second kappa shape index (κ2) is 6.40. The zero-order chi connectivity index (χ0) is 18.0. The monoisotopic (exact) mass is 354 g/mol. The van der Waals surface area contributed by atoms with Gasteiger partial charge >= 0.3 is 0 Å². The molecule has 3 aromatic rings. The van der Waals surface area contributed by atoms with Crippen LogP contribution in [0.1, 0.15) is 16.1 Å². The van der Waals surface area contributed by atoms with Crippen LogP contribution in [0.5, 0.6) is 0 Å². The van der Waals surface area contributed by atoms with E-state index in [1.54, 1.807) is 30.5 Å². The molecule has 0 aliphatic carbocycles. The zero-order valence-corrected chi connectivity index (χ0v) is 14.1. The number of pyridine rings is 1. The number of sulfone groups is 1. The maximum Gasteiger partial charge on any atom is 0.216 e. The van der Waals surface area contributed by atoms with Crippen LogP contribution >= 0.6 is 0 Å². The van der Waals surface area contributed by atoms with E-state index in [0.29, 0.717) is 16.8 Å². The Kier molecular flexibility index (Phi) is 4.28. The molecule has 126 valence electrons. The van der Waals surface area contributed by atoms with Crippen LogP contribution in [0.2, 0.25) is 0 Å². The summed E-state index contributed by atoms with van der Waals surface area (Å²) in [7, 11) is -3.36. The third-order valence-corrected chi connectivity index (χ3v) is 4.61. The van der Waals surface area contributed by atoms with Crippen molar-refractivity contribution in [3.05, 3.63) is 66.2 Å². The lowest BCUT2D eigenvalue weighted by atomic mass is 10.1. The van der Waals surface area contributed by atoms with E-state index in [9.17, 15) is 13.2 Å². The molecule has 1 aromatic carbocycles. The molecule has 2 heterocycles. The number of rotatable bonds is 4. The van der Waals surface area contributed by atoms with E-state index in [4.69, 9.17) is 5.73 Å². The lowest BCUT2D eigenvalue weighted by molar-refractivity contribution is 0.103. The number of nitrogens with two attached hydrogens (primary N) is 1. The molecule has 0 aliphatic rings. The van der Waals surface area contributed by atoms with E-state index in [1.807, 2.05) is 0 Å². The maximum atomic E-state index is 12.6. The van der Waals surface area contributed by atoms with Crippen LogP contribution in [-0.4, -0.2) is 35.4 Å². The molecule has 3 rings (SSSR count). The van der Waals surface area contributed by atoms with Crippen LogP contribution < -0.4 is 5.73 Å². The maximum absolute atomic E-state index is 12.6. The van der Waals surface area contributed by atoms with Crippen molar-refractivity contribution in [2.45, 2.75) is 4.90 Å². The molecule has 0 radical (unpaired) electrons. The Morgan fingerprint density at radius 2 is 1.92 bits per heavy atom. The molecule has 0 amide bonds. The summed E-state index contributed by atoms with van der Waals surface area (Å²) in [4.78, 5) is 24.9. The van der Waals surface area contributed by atoms with Crippen molar-refractivity contribution >= 4 is 21.4 Å². The molecular formula is C17H14N4O3S. The van der Waals surface area contributed by atoms with Crippen LogP contribution in [0.25, 0.3) is 11.3 Å². The summed E-state index contributed by atoms with van der Waals surface area (Å²) in [5, 5.41) is 0. The Morgan fingerprint density at radius 1 is 1.12 bits per heavy atom. The Hall–Kier alpha value is -3.13. The fourth-order valence-corrected chi connectivity index (χ4v) is 2.89. The second-order valence-electron chi connectivity index (χ2n) is 5.36. The highest BCUT2D eigenvalue weighted by Crippen LogP contribution is 2.22. The highest BCUT2D eigenvalue weighted by Gasteiger charge is 2.17. The zero-order valence-electron chi connectivity index (χ0n) is 13.2. The molecule has 0 fully saturated rings. The molecule has 7 nitrogen and oxygen atoms in total. The minimum Gasteiger partial charge on any atom is -0.382 e. The average Bonchev–Trinajstić information content (AvgIpc) is 2.62. The van der Waals surface area contributed by atoms with Crippen molar-refractivity contribution < 1.29 is 13.2 Å². The topological polar surface area (TPSA) is 116 Å². The van der Waals surface area contributed by atoms with E-state index in [1.165, 1.54) is 24.5 Å². The number of hydrogen-bond donors (Lipinski definition) is 1. The highest BCUT2D eigenvalue weighted by molar-refractivity contribution is 7.90. The van der Waals surface area contributed by atoms with Crippen molar-refractivity contribution in [1.29, 1.82) is 0 Å². The van der Waals surface area contributed by atoms with E-state index in [-0.39, 0.29) is 16.4 Å². The number of hydrogen-bond acceptors (Lipinski definition) is 7. The van der Waals surface area contributed by atoms with Gasteiger partial charge in [-0.15, -0.1) is 0 Å². The van der Waals surface area contributed by atoms with E-state index >= 15 is 0 Å². The Morgan fingerprint density at radius 3 is 2.60 bits per heavy atom. The number of anilines is 1. The van der Waals surface area contributed by atoms with Crippen LogP contribution in [0.15, 0.2) is 59.9 Å². The molecule has 0 spiro atoms. The number of aromatic nitrogens is 3. The van der Waals surface area contributed by atoms with Gasteiger partial charge in [-0.05, 0) is 24.3 Å². The van der Waals surface area contributed by atoms with E-state index in [0.717, 1.165) is 6.26 Å². The number of nitrogen functional groups attached to an aromatic ring is 1. The van der Waals surface area contributed by atoms with Gasteiger partial charge in [0.2, 0.25) is 5.78 Å². The van der Waals surface area contributed by atoms with Crippen molar-refractivity contribution in [3.63, 3.8) is 0 Å². The predicted molar refractivity (Wildman–Crippen MR) is 92.7 cm³/mol. The lowest BCUT2D eigenvalue weighted by Crippen LogP contribution is -2.10. The molecular weight excluding hydrogens is 340 g/mol.